The molecule has 130 valence electrons. The number of ether oxygens (including phenoxy) is 1. The van der Waals surface area contributed by atoms with Crippen LogP contribution in [0, 0.1) is 11.3 Å². The third-order valence-electron chi connectivity index (χ3n) is 3.40. The first-order valence-corrected chi connectivity index (χ1v) is 7.32. The van der Waals surface area contributed by atoms with Crippen LogP contribution >= 0.6 is 0 Å². The number of aromatic carboxylic acids is 1. The number of imidazole rings is 1. The van der Waals surface area contributed by atoms with Crippen molar-refractivity contribution in [1.29, 1.82) is 5.26 Å². The number of aromatic nitrogens is 4. The molecule has 0 atom stereocenters. The molecule has 3 aromatic heterocycles. The molecule has 0 unspecified atom stereocenters. The third-order valence-corrected chi connectivity index (χ3v) is 3.40. The summed E-state index contributed by atoms with van der Waals surface area (Å²) in [6.07, 6.45) is 2.66. The lowest BCUT2D eigenvalue weighted by molar-refractivity contribution is -0.115. The summed E-state index contributed by atoms with van der Waals surface area (Å²) in [5, 5.41) is 24.6. The van der Waals surface area contributed by atoms with Gasteiger partial charge in [-0.3, -0.25) is 4.79 Å². The van der Waals surface area contributed by atoms with Crippen molar-refractivity contribution in [3.8, 4) is 23.2 Å². The third kappa shape index (κ3) is 3.27. The van der Waals surface area contributed by atoms with Crippen molar-refractivity contribution in [1.82, 2.24) is 19.6 Å². The Hall–Kier alpha value is -4.00. The maximum absolute atomic E-state index is 11.5. The SMILES string of the molecule is COc1ncc(-c2ccc3nc(NC(=O)CC#N)cn3n2)cc1C(=O)O. The Morgan fingerprint density at radius 2 is 2.23 bits per heavy atom. The second-order valence-corrected chi connectivity index (χ2v) is 5.12. The Labute approximate surface area is 146 Å². The quantitative estimate of drug-likeness (QED) is 0.700. The van der Waals surface area contributed by atoms with Gasteiger partial charge in [-0.05, 0) is 18.2 Å². The van der Waals surface area contributed by atoms with E-state index in [1.54, 1.807) is 18.2 Å². The molecule has 3 rings (SSSR count). The summed E-state index contributed by atoms with van der Waals surface area (Å²) in [4.78, 5) is 30.9. The van der Waals surface area contributed by atoms with Gasteiger partial charge in [-0.15, -0.1) is 0 Å². The summed E-state index contributed by atoms with van der Waals surface area (Å²) in [5.74, 6) is -1.37. The molecule has 3 aromatic rings. The summed E-state index contributed by atoms with van der Waals surface area (Å²) in [7, 11) is 1.34. The second kappa shape index (κ2) is 6.86. The topological polar surface area (TPSA) is 142 Å². The van der Waals surface area contributed by atoms with Crippen molar-refractivity contribution in [2.45, 2.75) is 6.42 Å². The molecule has 0 fully saturated rings. The lowest BCUT2D eigenvalue weighted by Gasteiger charge is -2.06. The number of methoxy groups -OCH3 is 1. The van der Waals surface area contributed by atoms with Crippen LogP contribution in [0.15, 0.2) is 30.6 Å². The van der Waals surface area contributed by atoms with E-state index >= 15 is 0 Å². The Bertz CT molecular complexity index is 1050. The molecule has 0 saturated carbocycles. The summed E-state index contributed by atoms with van der Waals surface area (Å²) in [5.41, 5.74) is 1.33. The molecular weight excluding hydrogens is 340 g/mol. The lowest BCUT2D eigenvalue weighted by atomic mass is 10.1. The lowest BCUT2D eigenvalue weighted by Crippen LogP contribution is -2.10. The van der Waals surface area contributed by atoms with Crippen LogP contribution in [0.3, 0.4) is 0 Å². The highest BCUT2D eigenvalue weighted by Gasteiger charge is 2.15. The zero-order chi connectivity index (χ0) is 18.7. The minimum Gasteiger partial charge on any atom is -0.480 e. The Kier molecular flexibility index (Phi) is 4.44. The number of hydrogen-bond donors (Lipinski definition) is 2. The predicted octanol–water partition coefficient (Wildman–Crippen LogP) is 1.35. The van der Waals surface area contributed by atoms with Crippen molar-refractivity contribution in [3.63, 3.8) is 0 Å². The minimum absolute atomic E-state index is 0.00690. The van der Waals surface area contributed by atoms with Crippen LogP contribution in [-0.4, -0.2) is 43.7 Å². The standard InChI is InChI=1S/C16H12N6O4/c1-26-15-10(16(24)25)6-9(7-18-15)11-2-3-13-19-12(8-22(13)21-11)20-14(23)4-5-17/h2-3,6-8H,4H2,1H3,(H,20,23)(H,24,25). The number of nitriles is 1. The molecule has 10 nitrogen and oxygen atoms in total. The fourth-order valence-electron chi connectivity index (χ4n) is 2.26. The number of hydrogen-bond acceptors (Lipinski definition) is 7. The molecule has 0 bridgehead atoms. The number of carboxylic acid groups (broad SMARTS) is 1. The zero-order valence-corrected chi connectivity index (χ0v) is 13.5. The van der Waals surface area contributed by atoms with Gasteiger partial charge in [0.1, 0.15) is 12.0 Å². The summed E-state index contributed by atoms with van der Waals surface area (Å²) < 4.78 is 6.37. The zero-order valence-electron chi connectivity index (χ0n) is 13.5. The van der Waals surface area contributed by atoms with Crippen molar-refractivity contribution in [2.75, 3.05) is 12.4 Å². The molecule has 0 saturated heterocycles. The fourth-order valence-corrected chi connectivity index (χ4v) is 2.26. The monoisotopic (exact) mass is 352 g/mol. The number of carbonyl (C=O) groups is 2. The molecule has 0 aliphatic rings. The molecule has 3 heterocycles. The van der Waals surface area contributed by atoms with Gasteiger partial charge in [0.25, 0.3) is 0 Å². The highest BCUT2D eigenvalue weighted by Crippen LogP contribution is 2.23. The Morgan fingerprint density at radius 1 is 1.42 bits per heavy atom. The number of amides is 1. The Balaban J connectivity index is 1.96. The summed E-state index contributed by atoms with van der Waals surface area (Å²) >= 11 is 0. The van der Waals surface area contributed by atoms with Crippen LogP contribution in [0.1, 0.15) is 16.8 Å². The van der Waals surface area contributed by atoms with E-state index < -0.39 is 11.9 Å². The molecule has 0 radical (unpaired) electrons. The first kappa shape index (κ1) is 16.8. The molecule has 0 aliphatic heterocycles. The maximum atomic E-state index is 11.5. The number of pyridine rings is 1. The average Bonchev–Trinajstić information content (AvgIpc) is 3.02. The van der Waals surface area contributed by atoms with Crippen LogP contribution in [-0.2, 0) is 4.79 Å². The van der Waals surface area contributed by atoms with Gasteiger partial charge in [-0.25, -0.2) is 19.3 Å². The second-order valence-electron chi connectivity index (χ2n) is 5.12. The van der Waals surface area contributed by atoms with Gasteiger partial charge in [0.05, 0.1) is 25.1 Å². The molecule has 10 heteroatoms. The van der Waals surface area contributed by atoms with Crippen LogP contribution in [0.4, 0.5) is 5.82 Å². The van der Waals surface area contributed by atoms with Crippen molar-refractivity contribution in [3.05, 3.63) is 36.2 Å². The van der Waals surface area contributed by atoms with E-state index in [9.17, 15) is 14.7 Å². The molecule has 0 spiro atoms. The number of carbonyl (C=O) groups excluding carboxylic acids is 1. The van der Waals surface area contributed by atoms with E-state index in [-0.39, 0.29) is 23.7 Å². The van der Waals surface area contributed by atoms with Gasteiger partial charge in [-0.1, -0.05) is 0 Å². The van der Waals surface area contributed by atoms with E-state index in [0.29, 0.717) is 16.9 Å². The highest BCUT2D eigenvalue weighted by molar-refractivity contribution is 5.92. The smallest absolute Gasteiger partial charge is 0.341 e. The number of nitrogens with zero attached hydrogens (tertiary/aromatic N) is 5. The van der Waals surface area contributed by atoms with Gasteiger partial charge in [0, 0.05) is 11.8 Å². The summed E-state index contributed by atoms with van der Waals surface area (Å²) in [6.45, 7) is 0. The van der Waals surface area contributed by atoms with Crippen LogP contribution in [0.2, 0.25) is 0 Å². The maximum Gasteiger partial charge on any atom is 0.341 e. The first-order chi connectivity index (χ1) is 12.5. The number of nitrogens with one attached hydrogen (secondary N) is 1. The van der Waals surface area contributed by atoms with E-state index in [1.807, 2.05) is 0 Å². The van der Waals surface area contributed by atoms with Crippen molar-refractivity contribution in [2.24, 2.45) is 0 Å². The van der Waals surface area contributed by atoms with Gasteiger partial charge in [-0.2, -0.15) is 10.4 Å². The number of carboxylic acids is 1. The van der Waals surface area contributed by atoms with Crippen LogP contribution in [0.5, 0.6) is 5.88 Å². The van der Waals surface area contributed by atoms with E-state index in [4.69, 9.17) is 10.00 Å². The molecule has 1 amide bonds. The summed E-state index contributed by atoms with van der Waals surface area (Å²) in [6, 6.07) is 6.47. The predicted molar refractivity (Wildman–Crippen MR) is 88.6 cm³/mol. The largest absolute Gasteiger partial charge is 0.480 e. The van der Waals surface area contributed by atoms with Crippen molar-refractivity contribution >= 4 is 23.3 Å². The Morgan fingerprint density at radius 3 is 2.92 bits per heavy atom. The number of anilines is 1. The molecule has 2 N–H and O–H groups in total. The molecule has 0 aromatic carbocycles. The van der Waals surface area contributed by atoms with Gasteiger partial charge >= 0.3 is 5.97 Å². The molecule has 26 heavy (non-hydrogen) atoms. The molecule has 0 aliphatic carbocycles. The minimum atomic E-state index is -1.16. The van der Waals surface area contributed by atoms with Crippen LogP contribution in [0.25, 0.3) is 16.9 Å². The highest BCUT2D eigenvalue weighted by atomic mass is 16.5. The normalized spacial score (nSPS) is 10.3. The number of rotatable bonds is 5. The van der Waals surface area contributed by atoms with E-state index in [1.165, 1.54) is 30.1 Å². The van der Waals surface area contributed by atoms with Gasteiger partial charge in [0.2, 0.25) is 11.8 Å². The fraction of sp³-hybridized carbons (Fsp3) is 0.125. The van der Waals surface area contributed by atoms with Crippen molar-refractivity contribution < 1.29 is 19.4 Å². The first-order valence-electron chi connectivity index (χ1n) is 7.32. The van der Waals surface area contributed by atoms with E-state index in [2.05, 4.69) is 20.4 Å². The van der Waals surface area contributed by atoms with Crippen LogP contribution < -0.4 is 10.1 Å². The van der Waals surface area contributed by atoms with Gasteiger partial charge in [0.15, 0.2) is 11.5 Å². The van der Waals surface area contributed by atoms with Gasteiger partial charge < -0.3 is 15.2 Å². The number of fused-ring (bicyclic) bond motifs is 1. The molecular formula is C16H12N6O4. The average molecular weight is 352 g/mol. The van der Waals surface area contributed by atoms with E-state index in [0.717, 1.165) is 0 Å².